The predicted octanol–water partition coefficient (Wildman–Crippen LogP) is 3.73. The highest BCUT2D eigenvalue weighted by Gasteiger charge is 2.71. The summed E-state index contributed by atoms with van der Waals surface area (Å²) in [4.78, 5) is 27.5. The van der Waals surface area contributed by atoms with Crippen LogP contribution >= 0.6 is 0 Å². The lowest BCUT2D eigenvalue weighted by Gasteiger charge is -2.32. The highest BCUT2D eigenvalue weighted by atomic mass is 32.2. The summed E-state index contributed by atoms with van der Waals surface area (Å²) in [6, 6.07) is 4.84. The number of anilines is 1. The first kappa shape index (κ1) is 29.8. The number of carbonyl (C=O) groups excluding carboxylic acids is 2. The molecule has 2 aromatic carbocycles. The summed E-state index contributed by atoms with van der Waals surface area (Å²) in [6.07, 6.45) is -11.7. The third-order valence-corrected chi connectivity index (χ3v) is 8.80. The van der Waals surface area contributed by atoms with Gasteiger partial charge in [0.2, 0.25) is 5.91 Å². The van der Waals surface area contributed by atoms with Gasteiger partial charge in [-0.05, 0) is 48.2 Å². The quantitative estimate of drug-likeness (QED) is 0.420. The topological polar surface area (TPSA) is 124 Å². The number of halogens is 6. The molecule has 0 aromatic heterocycles. The van der Waals surface area contributed by atoms with Gasteiger partial charge in [0.05, 0.1) is 22.7 Å². The van der Waals surface area contributed by atoms with E-state index in [0.29, 0.717) is 30.5 Å². The van der Waals surface area contributed by atoms with E-state index in [2.05, 4.69) is 5.32 Å². The van der Waals surface area contributed by atoms with Gasteiger partial charge in [0.15, 0.2) is 9.84 Å². The molecule has 8 nitrogen and oxygen atoms in total. The Hall–Kier alpha value is -3.17. The largest absolute Gasteiger partial charge is 0.430 e. The van der Waals surface area contributed by atoms with Crippen molar-refractivity contribution in [1.29, 1.82) is 0 Å². The van der Waals surface area contributed by atoms with Crippen molar-refractivity contribution in [2.24, 2.45) is 0 Å². The number of carbonyl (C=O) groups is 2. The number of hydrogen-bond donors (Lipinski definition) is 3. The fraction of sp³-hybridized carbons (Fsp3) is 0.440. The molecule has 1 fully saturated rings. The molecule has 1 heterocycles. The SMILES string of the molecule is CCS(=O)(=O)c1ccc2c(c1)CN(C(=O)CC1(O)CC1)C2C(=O)Nc1ccc(C(O)(C(F)(F)F)C(F)(F)F)cc1. The average molecular weight is 595 g/mol. The Morgan fingerprint density at radius 3 is 2.10 bits per heavy atom. The van der Waals surface area contributed by atoms with Crippen molar-refractivity contribution in [3.63, 3.8) is 0 Å². The number of fused-ring (bicyclic) bond motifs is 1. The first-order valence-corrected chi connectivity index (χ1v) is 13.6. The molecular formula is C25H24F6N2O6S. The molecule has 0 saturated heterocycles. The molecule has 4 rings (SSSR count). The molecule has 0 spiro atoms. The number of benzene rings is 2. The molecule has 1 unspecified atom stereocenters. The monoisotopic (exact) mass is 594 g/mol. The van der Waals surface area contributed by atoms with Crippen LogP contribution in [0.4, 0.5) is 32.0 Å². The molecule has 2 amide bonds. The number of nitrogens with one attached hydrogen (secondary N) is 1. The number of aliphatic hydroxyl groups is 2. The van der Waals surface area contributed by atoms with Gasteiger partial charge in [-0.25, -0.2) is 8.42 Å². The number of hydrogen-bond acceptors (Lipinski definition) is 6. The first-order chi connectivity index (χ1) is 18.3. The van der Waals surface area contributed by atoms with Gasteiger partial charge in [-0.2, -0.15) is 26.3 Å². The van der Waals surface area contributed by atoms with E-state index in [9.17, 15) is 54.6 Å². The standard InChI is InChI=1S/C25H24F6N2O6S/c1-2-40(38,39)17-7-8-18-14(11-17)13-33(19(34)12-22(36)9-10-22)20(18)21(35)32-16-5-3-15(4-6-16)23(37,24(26,27)28)25(29,30)31/h3-8,11,20,36-37H,2,9-10,12-13H2,1H3,(H,32,35). The van der Waals surface area contributed by atoms with Crippen molar-refractivity contribution in [3.8, 4) is 0 Å². The van der Waals surface area contributed by atoms with Gasteiger partial charge >= 0.3 is 12.4 Å². The first-order valence-electron chi connectivity index (χ1n) is 12.0. The number of alkyl halides is 6. The molecule has 0 radical (unpaired) electrons. The molecule has 0 bridgehead atoms. The molecule has 40 heavy (non-hydrogen) atoms. The molecule has 2 aliphatic rings. The summed E-state index contributed by atoms with van der Waals surface area (Å²) in [7, 11) is -3.62. The fourth-order valence-corrected chi connectivity index (χ4v) is 5.43. The summed E-state index contributed by atoms with van der Waals surface area (Å²) in [6.45, 7) is 1.28. The zero-order chi connectivity index (χ0) is 29.9. The maximum atomic E-state index is 13.3. The summed E-state index contributed by atoms with van der Waals surface area (Å²) in [5.74, 6) is -1.68. The zero-order valence-corrected chi connectivity index (χ0v) is 21.6. The van der Waals surface area contributed by atoms with Crippen LogP contribution in [0.5, 0.6) is 0 Å². The predicted molar refractivity (Wildman–Crippen MR) is 127 cm³/mol. The Bertz CT molecular complexity index is 1420. The number of rotatable bonds is 7. The van der Waals surface area contributed by atoms with Crippen LogP contribution in [0, 0.1) is 0 Å². The molecule has 15 heteroatoms. The molecular weight excluding hydrogens is 570 g/mol. The average Bonchev–Trinajstić information content (AvgIpc) is 3.44. The van der Waals surface area contributed by atoms with Crippen molar-refractivity contribution in [2.75, 3.05) is 11.1 Å². The lowest BCUT2D eigenvalue weighted by Crippen LogP contribution is -2.53. The minimum absolute atomic E-state index is 0.0274. The van der Waals surface area contributed by atoms with Crippen LogP contribution in [0.3, 0.4) is 0 Å². The van der Waals surface area contributed by atoms with Crippen molar-refractivity contribution in [3.05, 3.63) is 59.2 Å². The van der Waals surface area contributed by atoms with Crippen molar-refractivity contribution >= 4 is 27.3 Å². The van der Waals surface area contributed by atoms with Crippen LogP contribution < -0.4 is 5.32 Å². The van der Waals surface area contributed by atoms with E-state index >= 15 is 0 Å². The van der Waals surface area contributed by atoms with E-state index in [1.807, 2.05) is 0 Å². The van der Waals surface area contributed by atoms with Gasteiger partial charge < -0.3 is 20.4 Å². The second-order valence-electron chi connectivity index (χ2n) is 9.86. The van der Waals surface area contributed by atoms with Gasteiger partial charge in [0.25, 0.3) is 11.5 Å². The summed E-state index contributed by atoms with van der Waals surface area (Å²) in [5, 5.41) is 22.1. The van der Waals surface area contributed by atoms with Crippen molar-refractivity contribution in [2.45, 2.75) is 67.2 Å². The van der Waals surface area contributed by atoms with Crippen LogP contribution in [0.2, 0.25) is 0 Å². The molecule has 1 aliphatic carbocycles. The maximum absolute atomic E-state index is 13.3. The van der Waals surface area contributed by atoms with E-state index in [-0.39, 0.29) is 34.9 Å². The molecule has 218 valence electrons. The minimum Gasteiger partial charge on any atom is -0.389 e. The van der Waals surface area contributed by atoms with E-state index in [0.717, 1.165) is 17.0 Å². The van der Waals surface area contributed by atoms with E-state index in [1.165, 1.54) is 25.1 Å². The second kappa shape index (κ2) is 9.73. The Labute approximate surface area is 224 Å². The normalized spacial score (nSPS) is 18.8. The van der Waals surface area contributed by atoms with E-state index in [4.69, 9.17) is 0 Å². The fourth-order valence-electron chi connectivity index (χ4n) is 4.50. The van der Waals surface area contributed by atoms with E-state index < -0.39 is 56.8 Å². The third kappa shape index (κ3) is 5.29. The Kier molecular flexibility index (Phi) is 7.25. The molecule has 2 aromatic rings. The highest BCUT2D eigenvalue weighted by Crippen LogP contribution is 2.50. The van der Waals surface area contributed by atoms with Crippen molar-refractivity contribution in [1.82, 2.24) is 4.90 Å². The smallest absolute Gasteiger partial charge is 0.389 e. The Morgan fingerprint density at radius 1 is 1.02 bits per heavy atom. The Morgan fingerprint density at radius 2 is 1.60 bits per heavy atom. The van der Waals surface area contributed by atoms with Gasteiger partial charge in [-0.1, -0.05) is 25.1 Å². The van der Waals surface area contributed by atoms with Gasteiger partial charge in [0.1, 0.15) is 6.04 Å². The highest BCUT2D eigenvalue weighted by molar-refractivity contribution is 7.91. The van der Waals surface area contributed by atoms with Crippen LogP contribution in [-0.2, 0) is 31.6 Å². The lowest BCUT2D eigenvalue weighted by molar-refractivity contribution is -0.376. The second-order valence-corrected chi connectivity index (χ2v) is 12.1. The van der Waals surface area contributed by atoms with Crippen LogP contribution in [-0.4, -0.2) is 59.1 Å². The third-order valence-electron chi connectivity index (χ3n) is 7.07. The zero-order valence-electron chi connectivity index (χ0n) is 20.8. The van der Waals surface area contributed by atoms with Crippen LogP contribution in [0.25, 0.3) is 0 Å². The maximum Gasteiger partial charge on any atom is 0.430 e. The number of nitrogens with zero attached hydrogens (tertiary/aromatic N) is 1. The van der Waals surface area contributed by atoms with Gasteiger partial charge in [-0.3, -0.25) is 9.59 Å². The number of amides is 2. The summed E-state index contributed by atoms with van der Waals surface area (Å²) in [5.41, 5.74) is -7.49. The molecule has 3 N–H and O–H groups in total. The molecule has 1 atom stereocenters. The minimum atomic E-state index is -6.08. The van der Waals surface area contributed by atoms with Crippen molar-refractivity contribution < 1.29 is 54.6 Å². The van der Waals surface area contributed by atoms with Gasteiger partial charge in [-0.15, -0.1) is 0 Å². The Balaban J connectivity index is 1.64. The molecule has 1 saturated carbocycles. The van der Waals surface area contributed by atoms with E-state index in [1.54, 1.807) is 0 Å². The van der Waals surface area contributed by atoms with Crippen LogP contribution in [0.15, 0.2) is 47.4 Å². The van der Waals surface area contributed by atoms with Gasteiger partial charge in [0, 0.05) is 17.8 Å². The summed E-state index contributed by atoms with van der Waals surface area (Å²) < 4.78 is 104. The molecule has 1 aliphatic heterocycles. The van der Waals surface area contributed by atoms with Crippen LogP contribution in [0.1, 0.15) is 48.9 Å². The number of sulfone groups is 1. The summed E-state index contributed by atoms with van der Waals surface area (Å²) >= 11 is 0. The lowest BCUT2D eigenvalue weighted by atomic mass is 9.92.